The van der Waals surface area contributed by atoms with Crippen LogP contribution in [-0.4, -0.2) is 29.9 Å². The highest BCUT2D eigenvalue weighted by Gasteiger charge is 2.35. The number of hydrogen-bond donors (Lipinski definition) is 1. The van der Waals surface area contributed by atoms with Crippen LogP contribution in [0.2, 0.25) is 0 Å². The molecule has 1 saturated heterocycles. The van der Waals surface area contributed by atoms with Gasteiger partial charge >= 0.3 is 0 Å². The van der Waals surface area contributed by atoms with E-state index in [0.29, 0.717) is 18.0 Å². The predicted octanol–water partition coefficient (Wildman–Crippen LogP) is 3.92. The lowest BCUT2D eigenvalue weighted by molar-refractivity contribution is 0.0793. The number of likely N-dealkylation sites (tertiary alicyclic amines) is 1. The summed E-state index contributed by atoms with van der Waals surface area (Å²) in [5.74, 6) is -0.134. The van der Waals surface area contributed by atoms with Crippen LogP contribution in [0, 0.1) is 12.7 Å². The van der Waals surface area contributed by atoms with Crippen molar-refractivity contribution in [3.63, 3.8) is 0 Å². The molecule has 0 unspecified atom stereocenters. The molecule has 25 heavy (non-hydrogen) atoms. The Morgan fingerprint density at radius 2 is 1.96 bits per heavy atom. The quantitative estimate of drug-likeness (QED) is 0.758. The van der Waals surface area contributed by atoms with E-state index in [9.17, 15) is 9.18 Å². The van der Waals surface area contributed by atoms with Crippen molar-refractivity contribution in [3.05, 3.63) is 70.4 Å². The fourth-order valence-corrected chi connectivity index (χ4v) is 4.75. The number of amides is 1. The van der Waals surface area contributed by atoms with Crippen molar-refractivity contribution in [1.82, 2.24) is 4.90 Å². The monoisotopic (exact) mass is 354 g/mol. The topological polar surface area (TPSA) is 46.3 Å². The number of carbonyl (C=O) groups excluding carboxylic acids is 1. The molecule has 0 aliphatic carbocycles. The summed E-state index contributed by atoms with van der Waals surface area (Å²) in [7, 11) is 0. The third-order valence-electron chi connectivity index (χ3n) is 4.97. The van der Waals surface area contributed by atoms with Gasteiger partial charge in [-0.1, -0.05) is 30.3 Å². The average Bonchev–Trinajstić information content (AvgIpc) is 3.16. The second kappa shape index (κ2) is 6.24. The van der Waals surface area contributed by atoms with Crippen molar-refractivity contribution in [2.75, 3.05) is 13.1 Å². The Hall–Kier alpha value is -2.24. The molecule has 0 saturated carbocycles. The third-order valence-corrected chi connectivity index (χ3v) is 6.23. The molecule has 4 rings (SSSR count). The molecule has 2 N–H and O–H groups in total. The van der Waals surface area contributed by atoms with E-state index in [0.717, 1.165) is 15.6 Å². The summed E-state index contributed by atoms with van der Waals surface area (Å²) in [4.78, 5) is 15.5. The highest BCUT2D eigenvalue weighted by atomic mass is 32.1. The van der Waals surface area contributed by atoms with E-state index in [2.05, 4.69) is 12.1 Å². The molecule has 1 amide bonds. The normalized spacial score (nSPS) is 20.4. The number of rotatable bonds is 2. The highest BCUT2D eigenvalue weighted by molar-refractivity contribution is 7.21. The Labute approximate surface area is 149 Å². The van der Waals surface area contributed by atoms with Crippen molar-refractivity contribution in [3.8, 4) is 0 Å². The van der Waals surface area contributed by atoms with Crippen molar-refractivity contribution >= 4 is 27.3 Å². The van der Waals surface area contributed by atoms with Gasteiger partial charge in [-0.25, -0.2) is 4.39 Å². The maximum absolute atomic E-state index is 13.5. The zero-order valence-electron chi connectivity index (χ0n) is 13.9. The number of nitrogens with two attached hydrogens (primary N) is 1. The molecule has 2 atom stereocenters. The van der Waals surface area contributed by atoms with Gasteiger partial charge < -0.3 is 10.6 Å². The van der Waals surface area contributed by atoms with E-state index < -0.39 is 0 Å². The van der Waals surface area contributed by atoms with Crippen molar-refractivity contribution < 1.29 is 9.18 Å². The van der Waals surface area contributed by atoms with Gasteiger partial charge in [0.2, 0.25) is 0 Å². The van der Waals surface area contributed by atoms with E-state index >= 15 is 0 Å². The summed E-state index contributed by atoms with van der Waals surface area (Å²) in [6.07, 6.45) is 0. The fraction of sp³-hybridized carbons (Fsp3) is 0.250. The number of carbonyl (C=O) groups is 1. The Balaban J connectivity index is 1.63. The van der Waals surface area contributed by atoms with Crippen molar-refractivity contribution in [1.29, 1.82) is 0 Å². The van der Waals surface area contributed by atoms with Gasteiger partial charge in [-0.3, -0.25) is 4.79 Å². The summed E-state index contributed by atoms with van der Waals surface area (Å²) in [5, 5.41) is 0.816. The fourth-order valence-electron chi connectivity index (χ4n) is 3.59. The number of hydrogen-bond acceptors (Lipinski definition) is 3. The number of halogens is 1. The van der Waals surface area contributed by atoms with Crippen LogP contribution < -0.4 is 5.73 Å². The zero-order valence-corrected chi connectivity index (χ0v) is 14.7. The Bertz CT molecular complexity index is 938. The number of benzene rings is 2. The Morgan fingerprint density at radius 3 is 2.72 bits per heavy atom. The summed E-state index contributed by atoms with van der Waals surface area (Å²) in [6.45, 7) is 3.04. The summed E-state index contributed by atoms with van der Waals surface area (Å²) >= 11 is 1.43. The summed E-state index contributed by atoms with van der Waals surface area (Å²) in [6, 6.07) is 14.7. The van der Waals surface area contributed by atoms with Gasteiger partial charge in [0.15, 0.2) is 0 Å². The molecule has 1 aliphatic heterocycles. The van der Waals surface area contributed by atoms with Crippen LogP contribution in [0.5, 0.6) is 0 Å². The Kier molecular flexibility index (Phi) is 4.06. The van der Waals surface area contributed by atoms with Crippen molar-refractivity contribution in [2.24, 2.45) is 5.73 Å². The molecule has 0 radical (unpaired) electrons. The SMILES string of the molecule is Cc1c(C(=O)N2C[C@@H](N)[C@H](c3ccccc3)C2)sc2ccc(F)cc12. The molecule has 1 fully saturated rings. The van der Waals surface area contributed by atoms with Crippen LogP contribution in [0.25, 0.3) is 10.1 Å². The first-order chi connectivity index (χ1) is 12.0. The lowest BCUT2D eigenvalue weighted by Gasteiger charge is -2.16. The molecule has 0 bridgehead atoms. The molecular formula is C20H19FN2OS. The minimum absolute atomic E-state index is 0.00649. The van der Waals surface area contributed by atoms with Crippen LogP contribution in [0.3, 0.4) is 0 Å². The van der Waals surface area contributed by atoms with Gasteiger partial charge in [-0.05, 0) is 41.6 Å². The lowest BCUT2D eigenvalue weighted by atomic mass is 9.95. The molecule has 2 heterocycles. The molecule has 1 aromatic heterocycles. The first-order valence-corrected chi connectivity index (χ1v) is 9.14. The van der Waals surface area contributed by atoms with Crippen LogP contribution in [0.4, 0.5) is 4.39 Å². The smallest absolute Gasteiger partial charge is 0.264 e. The van der Waals surface area contributed by atoms with Crippen molar-refractivity contribution in [2.45, 2.75) is 18.9 Å². The zero-order chi connectivity index (χ0) is 17.6. The number of fused-ring (bicyclic) bond motifs is 1. The van der Waals surface area contributed by atoms with E-state index in [-0.39, 0.29) is 23.7 Å². The van der Waals surface area contributed by atoms with E-state index in [4.69, 9.17) is 5.73 Å². The van der Waals surface area contributed by atoms with Crippen LogP contribution >= 0.6 is 11.3 Å². The number of nitrogens with zero attached hydrogens (tertiary/aromatic N) is 1. The standard InChI is InChI=1S/C20H19FN2OS/c1-12-15-9-14(21)7-8-18(15)25-19(12)20(24)23-10-16(17(22)11-23)13-5-3-2-4-6-13/h2-9,16-17H,10-11,22H2,1H3/t16-,17+/m0/s1. The molecule has 0 spiro atoms. The second-order valence-electron chi connectivity index (χ2n) is 6.59. The predicted molar refractivity (Wildman–Crippen MR) is 99.6 cm³/mol. The molecule has 5 heteroatoms. The molecule has 2 aromatic carbocycles. The van der Waals surface area contributed by atoms with Crippen LogP contribution in [0.15, 0.2) is 48.5 Å². The van der Waals surface area contributed by atoms with Gasteiger partial charge in [0.05, 0.1) is 4.88 Å². The van der Waals surface area contributed by atoms with Gasteiger partial charge in [0, 0.05) is 29.7 Å². The average molecular weight is 354 g/mol. The van der Waals surface area contributed by atoms with Crippen LogP contribution in [0.1, 0.15) is 26.7 Å². The summed E-state index contributed by atoms with van der Waals surface area (Å²) < 4.78 is 14.4. The van der Waals surface area contributed by atoms with E-state index in [1.165, 1.54) is 29.0 Å². The second-order valence-corrected chi connectivity index (χ2v) is 7.64. The van der Waals surface area contributed by atoms with Gasteiger partial charge in [-0.2, -0.15) is 0 Å². The van der Waals surface area contributed by atoms with Gasteiger partial charge in [-0.15, -0.1) is 11.3 Å². The molecular weight excluding hydrogens is 335 g/mol. The van der Waals surface area contributed by atoms with Crippen LogP contribution in [-0.2, 0) is 0 Å². The van der Waals surface area contributed by atoms with E-state index in [1.807, 2.05) is 30.0 Å². The maximum atomic E-state index is 13.5. The molecule has 1 aliphatic rings. The van der Waals surface area contributed by atoms with Gasteiger partial charge in [0.25, 0.3) is 5.91 Å². The minimum Gasteiger partial charge on any atom is -0.336 e. The Morgan fingerprint density at radius 1 is 1.20 bits per heavy atom. The lowest BCUT2D eigenvalue weighted by Crippen LogP contribution is -2.32. The first-order valence-electron chi connectivity index (χ1n) is 8.33. The minimum atomic E-state index is -0.278. The molecule has 3 nitrogen and oxygen atoms in total. The summed E-state index contributed by atoms with van der Waals surface area (Å²) in [5.41, 5.74) is 8.33. The highest BCUT2D eigenvalue weighted by Crippen LogP contribution is 2.34. The van der Waals surface area contributed by atoms with Gasteiger partial charge in [0.1, 0.15) is 5.82 Å². The van der Waals surface area contributed by atoms with E-state index in [1.54, 1.807) is 6.07 Å². The third kappa shape index (κ3) is 2.83. The maximum Gasteiger partial charge on any atom is 0.264 e. The molecule has 128 valence electrons. The number of aryl methyl sites for hydroxylation is 1. The molecule has 3 aromatic rings. The number of thiophene rings is 1. The first kappa shape index (κ1) is 16.2. The largest absolute Gasteiger partial charge is 0.336 e.